The molecule has 0 radical (unpaired) electrons. The maximum Gasteiger partial charge on any atom is 0.290 e. The first-order valence-electron chi connectivity index (χ1n) is 6.53. The molecule has 0 unspecified atom stereocenters. The molecular formula is C15H16N4O3. The van der Waals surface area contributed by atoms with Crippen LogP contribution in [0.4, 0.5) is 0 Å². The number of aromatic nitrogens is 2. The van der Waals surface area contributed by atoms with E-state index in [1.165, 1.54) is 6.08 Å². The lowest BCUT2D eigenvalue weighted by Crippen LogP contribution is -2.40. The molecule has 2 rings (SSSR count). The van der Waals surface area contributed by atoms with E-state index in [4.69, 9.17) is 4.74 Å². The zero-order valence-electron chi connectivity index (χ0n) is 12.2. The molecule has 7 nitrogen and oxygen atoms in total. The van der Waals surface area contributed by atoms with Gasteiger partial charge in [-0.15, -0.1) is 0 Å². The van der Waals surface area contributed by atoms with Crippen molar-refractivity contribution in [3.63, 3.8) is 0 Å². The van der Waals surface area contributed by atoms with E-state index < -0.39 is 11.8 Å². The summed E-state index contributed by atoms with van der Waals surface area (Å²) in [4.78, 5) is 23.3. The van der Waals surface area contributed by atoms with Crippen LogP contribution in [0.2, 0.25) is 0 Å². The van der Waals surface area contributed by atoms with Gasteiger partial charge in [-0.1, -0.05) is 12.1 Å². The van der Waals surface area contributed by atoms with Crippen molar-refractivity contribution < 1.29 is 14.3 Å². The van der Waals surface area contributed by atoms with E-state index in [1.54, 1.807) is 38.3 Å². The number of aryl methyl sites for hydroxylation is 1. The van der Waals surface area contributed by atoms with Crippen LogP contribution in [0, 0.1) is 6.92 Å². The molecular weight excluding hydrogens is 284 g/mol. The lowest BCUT2D eigenvalue weighted by molar-refractivity contribution is -0.117. The van der Waals surface area contributed by atoms with E-state index >= 15 is 0 Å². The fourth-order valence-corrected chi connectivity index (χ4v) is 1.65. The number of amides is 2. The van der Waals surface area contributed by atoms with Crippen LogP contribution in [-0.4, -0.2) is 29.1 Å². The fourth-order valence-electron chi connectivity index (χ4n) is 1.65. The predicted molar refractivity (Wildman–Crippen MR) is 81.0 cm³/mol. The SMILES string of the molecule is COc1ccc(C=CC(=O)NNC(=O)c2cc(C)[nH]n2)cc1. The molecule has 1 aromatic heterocycles. The molecule has 3 N–H and O–H groups in total. The Morgan fingerprint density at radius 2 is 1.95 bits per heavy atom. The van der Waals surface area contributed by atoms with Crippen molar-refractivity contribution in [1.82, 2.24) is 21.0 Å². The van der Waals surface area contributed by atoms with Crippen molar-refractivity contribution in [3.05, 3.63) is 53.4 Å². The van der Waals surface area contributed by atoms with E-state index in [1.807, 2.05) is 12.1 Å². The summed E-state index contributed by atoms with van der Waals surface area (Å²) in [7, 11) is 1.59. The number of hydrogen-bond donors (Lipinski definition) is 3. The maximum absolute atomic E-state index is 11.7. The smallest absolute Gasteiger partial charge is 0.290 e. The van der Waals surface area contributed by atoms with Gasteiger partial charge < -0.3 is 4.74 Å². The number of hydrazine groups is 1. The Morgan fingerprint density at radius 3 is 2.55 bits per heavy atom. The number of ether oxygens (including phenoxy) is 1. The van der Waals surface area contributed by atoms with Gasteiger partial charge in [-0.25, -0.2) is 0 Å². The molecule has 1 heterocycles. The average Bonchev–Trinajstić information content (AvgIpc) is 2.97. The zero-order chi connectivity index (χ0) is 15.9. The Morgan fingerprint density at radius 1 is 1.23 bits per heavy atom. The van der Waals surface area contributed by atoms with Crippen LogP contribution in [-0.2, 0) is 4.79 Å². The Bertz CT molecular complexity index is 689. The minimum atomic E-state index is -0.490. The Labute approximate surface area is 127 Å². The number of methoxy groups -OCH3 is 1. The number of aromatic amines is 1. The van der Waals surface area contributed by atoms with Gasteiger partial charge in [0.1, 0.15) is 5.75 Å². The molecule has 0 aliphatic carbocycles. The number of hydrogen-bond acceptors (Lipinski definition) is 4. The highest BCUT2D eigenvalue weighted by Gasteiger charge is 2.08. The molecule has 0 aliphatic rings. The van der Waals surface area contributed by atoms with Gasteiger partial charge in [0, 0.05) is 11.8 Å². The standard InChI is InChI=1S/C15H16N4O3/c1-10-9-13(17-16-10)15(21)19-18-14(20)8-5-11-3-6-12(22-2)7-4-11/h3-9H,1-2H3,(H,16,17)(H,18,20)(H,19,21). The van der Waals surface area contributed by atoms with Crippen LogP contribution in [0.1, 0.15) is 21.7 Å². The first-order chi connectivity index (χ1) is 10.6. The Kier molecular flexibility index (Phi) is 4.92. The summed E-state index contributed by atoms with van der Waals surface area (Å²) in [6.07, 6.45) is 2.94. The number of nitrogens with zero attached hydrogens (tertiary/aromatic N) is 1. The van der Waals surface area contributed by atoms with Crippen LogP contribution in [0.25, 0.3) is 6.08 Å². The van der Waals surface area contributed by atoms with Gasteiger partial charge in [-0.2, -0.15) is 5.10 Å². The van der Waals surface area contributed by atoms with E-state index in [-0.39, 0.29) is 5.69 Å². The minimum absolute atomic E-state index is 0.205. The molecule has 22 heavy (non-hydrogen) atoms. The molecule has 0 aliphatic heterocycles. The van der Waals surface area contributed by atoms with Crippen LogP contribution < -0.4 is 15.6 Å². The first kappa shape index (κ1) is 15.3. The molecule has 114 valence electrons. The number of carbonyl (C=O) groups is 2. The predicted octanol–water partition coefficient (Wildman–Crippen LogP) is 1.20. The Balaban J connectivity index is 1.84. The first-order valence-corrected chi connectivity index (χ1v) is 6.53. The summed E-state index contributed by atoms with van der Waals surface area (Å²) in [6, 6.07) is 8.79. The van der Waals surface area contributed by atoms with Crippen LogP contribution in [0.15, 0.2) is 36.4 Å². The molecule has 2 amide bonds. The Hall–Kier alpha value is -3.09. The molecule has 7 heteroatoms. The van der Waals surface area contributed by atoms with Crippen LogP contribution >= 0.6 is 0 Å². The van der Waals surface area contributed by atoms with E-state index in [0.717, 1.165) is 17.0 Å². The summed E-state index contributed by atoms with van der Waals surface area (Å²) in [5.74, 6) is -0.199. The van der Waals surface area contributed by atoms with Crippen molar-refractivity contribution >= 4 is 17.9 Å². The average molecular weight is 300 g/mol. The number of carbonyl (C=O) groups excluding carboxylic acids is 2. The van der Waals surface area contributed by atoms with E-state index in [0.29, 0.717) is 0 Å². The largest absolute Gasteiger partial charge is 0.497 e. The maximum atomic E-state index is 11.7. The van der Waals surface area contributed by atoms with Crippen molar-refractivity contribution in [1.29, 1.82) is 0 Å². The van der Waals surface area contributed by atoms with Gasteiger partial charge >= 0.3 is 0 Å². The topological polar surface area (TPSA) is 96.1 Å². The monoisotopic (exact) mass is 300 g/mol. The summed E-state index contributed by atoms with van der Waals surface area (Å²) in [5.41, 5.74) is 6.36. The number of H-pyrrole nitrogens is 1. The fraction of sp³-hybridized carbons (Fsp3) is 0.133. The lowest BCUT2D eigenvalue weighted by Gasteiger charge is -2.02. The molecule has 0 fully saturated rings. The molecule has 1 aromatic carbocycles. The quantitative estimate of drug-likeness (QED) is 0.584. The highest BCUT2D eigenvalue weighted by molar-refractivity contribution is 5.96. The second-order valence-electron chi connectivity index (χ2n) is 4.49. The highest BCUT2D eigenvalue weighted by atomic mass is 16.5. The second kappa shape index (κ2) is 7.07. The van der Waals surface area contributed by atoms with Gasteiger partial charge in [0.05, 0.1) is 7.11 Å². The molecule has 2 aromatic rings. The normalized spacial score (nSPS) is 10.5. The van der Waals surface area contributed by atoms with Gasteiger partial charge in [0.25, 0.3) is 11.8 Å². The number of rotatable bonds is 4. The summed E-state index contributed by atoms with van der Waals surface area (Å²) in [5, 5.41) is 6.43. The molecule has 0 bridgehead atoms. The third-order valence-corrected chi connectivity index (χ3v) is 2.78. The van der Waals surface area contributed by atoms with E-state index in [9.17, 15) is 9.59 Å². The molecule has 0 saturated carbocycles. The third kappa shape index (κ3) is 4.20. The van der Waals surface area contributed by atoms with Gasteiger partial charge in [-0.05, 0) is 36.8 Å². The minimum Gasteiger partial charge on any atom is -0.497 e. The molecule has 0 spiro atoms. The van der Waals surface area contributed by atoms with Crippen LogP contribution in [0.5, 0.6) is 5.75 Å². The second-order valence-corrected chi connectivity index (χ2v) is 4.49. The molecule has 0 atom stereocenters. The summed E-state index contributed by atoms with van der Waals surface area (Å²) < 4.78 is 5.04. The summed E-state index contributed by atoms with van der Waals surface area (Å²) >= 11 is 0. The van der Waals surface area contributed by atoms with Crippen molar-refractivity contribution in [3.8, 4) is 5.75 Å². The third-order valence-electron chi connectivity index (χ3n) is 2.78. The van der Waals surface area contributed by atoms with E-state index in [2.05, 4.69) is 21.0 Å². The van der Waals surface area contributed by atoms with Crippen LogP contribution in [0.3, 0.4) is 0 Å². The van der Waals surface area contributed by atoms with Crippen molar-refractivity contribution in [2.24, 2.45) is 0 Å². The number of nitrogens with one attached hydrogen (secondary N) is 3. The molecule has 0 saturated heterocycles. The van der Waals surface area contributed by atoms with Gasteiger partial charge in [0.15, 0.2) is 5.69 Å². The lowest BCUT2D eigenvalue weighted by atomic mass is 10.2. The number of benzene rings is 1. The highest BCUT2D eigenvalue weighted by Crippen LogP contribution is 2.12. The van der Waals surface area contributed by atoms with Crippen molar-refractivity contribution in [2.45, 2.75) is 6.92 Å². The van der Waals surface area contributed by atoms with Crippen molar-refractivity contribution in [2.75, 3.05) is 7.11 Å². The van der Waals surface area contributed by atoms with Gasteiger partial charge in [0.2, 0.25) is 0 Å². The zero-order valence-corrected chi connectivity index (χ0v) is 12.2. The van der Waals surface area contributed by atoms with Gasteiger partial charge in [-0.3, -0.25) is 25.5 Å². The summed E-state index contributed by atoms with van der Waals surface area (Å²) in [6.45, 7) is 1.78.